The minimum Gasteiger partial charge on any atom is -0.484 e. The van der Waals surface area contributed by atoms with Gasteiger partial charge in [0.05, 0.1) is 4.16 Å². The number of β-lactam (4-membered cyclic amide) rings is 1. The molecule has 2 aliphatic heterocycles. The quantitative estimate of drug-likeness (QED) is 0.453. The van der Waals surface area contributed by atoms with Gasteiger partial charge in [-0.3, -0.25) is 14.5 Å². The van der Waals surface area contributed by atoms with Crippen LogP contribution in [0.1, 0.15) is 0 Å². The van der Waals surface area contributed by atoms with E-state index in [2.05, 4.69) is 37.2 Å². The van der Waals surface area contributed by atoms with Gasteiger partial charge in [0.15, 0.2) is 6.61 Å². The topological polar surface area (TPSA) is 95.9 Å². The van der Waals surface area contributed by atoms with Gasteiger partial charge in [0.1, 0.15) is 22.9 Å². The van der Waals surface area contributed by atoms with E-state index in [9.17, 15) is 19.5 Å². The van der Waals surface area contributed by atoms with Crippen LogP contribution in [-0.4, -0.2) is 55.3 Å². The van der Waals surface area contributed by atoms with Crippen LogP contribution < -0.4 is 10.1 Å². The van der Waals surface area contributed by atoms with Crippen LogP contribution >= 0.6 is 43.6 Å². The molecule has 0 spiro atoms. The summed E-state index contributed by atoms with van der Waals surface area (Å²) in [5, 5.41) is 11.9. The average Bonchev–Trinajstić information content (AvgIpc) is 2.64. The van der Waals surface area contributed by atoms with Gasteiger partial charge in [-0.2, -0.15) is 0 Å². The van der Waals surface area contributed by atoms with E-state index in [4.69, 9.17) is 4.74 Å². The molecule has 3 rings (SSSR count). The number of rotatable bonds is 6. The van der Waals surface area contributed by atoms with Gasteiger partial charge in [-0.15, -0.1) is 11.8 Å². The van der Waals surface area contributed by atoms with E-state index in [0.29, 0.717) is 16.7 Å². The number of ether oxygens (including phenoxy) is 1. The van der Waals surface area contributed by atoms with Gasteiger partial charge in [-0.1, -0.05) is 50.1 Å². The zero-order valence-corrected chi connectivity index (χ0v) is 17.2. The van der Waals surface area contributed by atoms with Gasteiger partial charge < -0.3 is 15.2 Å². The number of amides is 2. The maximum Gasteiger partial charge on any atom is 0.352 e. The number of halogens is 2. The second kappa shape index (κ2) is 8.01. The third-order valence-corrected chi connectivity index (χ3v) is 6.99. The first-order valence-electron chi connectivity index (χ1n) is 7.56. The molecule has 0 aromatic heterocycles. The Morgan fingerprint density at radius 3 is 2.62 bits per heavy atom. The zero-order chi connectivity index (χ0) is 18.8. The number of para-hydroxylation sites is 1. The van der Waals surface area contributed by atoms with Crippen LogP contribution in [0.3, 0.4) is 0 Å². The van der Waals surface area contributed by atoms with Crippen molar-refractivity contribution in [3.63, 3.8) is 0 Å². The number of carbonyl (C=O) groups is 3. The van der Waals surface area contributed by atoms with E-state index in [0.717, 1.165) is 0 Å². The first-order chi connectivity index (χ1) is 12.4. The summed E-state index contributed by atoms with van der Waals surface area (Å²) in [7, 11) is 0. The molecule has 0 saturated carbocycles. The number of alkyl halides is 2. The van der Waals surface area contributed by atoms with Crippen LogP contribution in [0.4, 0.5) is 0 Å². The average molecular weight is 506 g/mol. The Morgan fingerprint density at radius 2 is 2.00 bits per heavy atom. The first kappa shape index (κ1) is 19.2. The molecule has 26 heavy (non-hydrogen) atoms. The molecule has 138 valence electrons. The third kappa shape index (κ3) is 3.63. The highest BCUT2D eigenvalue weighted by molar-refractivity contribution is 9.11. The Bertz CT molecular complexity index is 773. The molecule has 0 radical (unpaired) electrons. The number of hydrogen-bond donors (Lipinski definition) is 2. The van der Waals surface area contributed by atoms with Crippen molar-refractivity contribution < 1.29 is 24.2 Å². The van der Waals surface area contributed by atoms with E-state index >= 15 is 0 Å². The lowest BCUT2D eigenvalue weighted by Crippen LogP contribution is -2.71. The number of benzene rings is 1. The van der Waals surface area contributed by atoms with Crippen molar-refractivity contribution in [3.8, 4) is 5.75 Å². The van der Waals surface area contributed by atoms with Crippen LogP contribution in [0, 0.1) is 0 Å². The fourth-order valence-corrected chi connectivity index (χ4v) is 6.24. The number of carboxylic acids is 1. The summed E-state index contributed by atoms with van der Waals surface area (Å²) in [6, 6.07) is 8.08. The van der Waals surface area contributed by atoms with E-state index in [-0.39, 0.29) is 16.5 Å². The second-order valence-electron chi connectivity index (χ2n) is 5.51. The number of hydrogen-bond acceptors (Lipinski definition) is 5. The standard InChI is InChI=1S/C16H14Br2N2O5S/c17-6-9-12(16(23)24)20-14(22)11(15(20)26-13(9)18)19-10(21)7-25-8-4-2-1-3-5-8/h1-5,11,13,15H,6-7H2,(H,19,21)(H,23,24)/t11?,13?,15-/m1/s1. The summed E-state index contributed by atoms with van der Waals surface area (Å²) in [5.41, 5.74) is 0.535. The maximum atomic E-state index is 12.4. The maximum absolute atomic E-state index is 12.4. The van der Waals surface area contributed by atoms with Crippen molar-refractivity contribution in [1.82, 2.24) is 10.2 Å². The number of nitrogens with zero attached hydrogens (tertiary/aromatic N) is 1. The molecule has 2 aliphatic rings. The lowest BCUT2D eigenvalue weighted by Gasteiger charge is -2.50. The van der Waals surface area contributed by atoms with E-state index in [1.165, 1.54) is 16.7 Å². The van der Waals surface area contributed by atoms with Crippen molar-refractivity contribution in [2.75, 3.05) is 11.9 Å². The Labute approximate surface area is 170 Å². The van der Waals surface area contributed by atoms with Gasteiger partial charge in [0.25, 0.3) is 11.8 Å². The largest absolute Gasteiger partial charge is 0.484 e. The molecule has 2 amide bonds. The summed E-state index contributed by atoms with van der Waals surface area (Å²) in [4.78, 5) is 37.3. The first-order valence-corrected chi connectivity index (χ1v) is 10.5. The molecular formula is C16H14Br2N2O5S. The summed E-state index contributed by atoms with van der Waals surface area (Å²) in [6.45, 7) is -0.225. The molecule has 1 fully saturated rings. The minimum absolute atomic E-state index is 0.0384. The van der Waals surface area contributed by atoms with Crippen molar-refractivity contribution in [3.05, 3.63) is 41.6 Å². The molecule has 1 aromatic rings. The van der Waals surface area contributed by atoms with E-state index < -0.39 is 29.2 Å². The monoisotopic (exact) mass is 504 g/mol. The number of carboxylic acid groups (broad SMARTS) is 1. The molecule has 2 unspecified atom stereocenters. The highest BCUT2D eigenvalue weighted by atomic mass is 79.9. The Balaban J connectivity index is 1.65. The fraction of sp³-hybridized carbons (Fsp3) is 0.312. The van der Waals surface area contributed by atoms with Gasteiger partial charge in [0.2, 0.25) is 0 Å². The Kier molecular flexibility index (Phi) is 5.93. The minimum atomic E-state index is -1.17. The third-order valence-electron chi connectivity index (χ3n) is 3.90. The van der Waals surface area contributed by atoms with Crippen molar-refractivity contribution in [2.45, 2.75) is 15.6 Å². The van der Waals surface area contributed by atoms with E-state index in [1.54, 1.807) is 24.3 Å². The molecule has 3 atom stereocenters. The number of aliphatic carboxylic acids is 1. The molecule has 10 heteroatoms. The van der Waals surface area contributed by atoms with Crippen LogP contribution in [0.25, 0.3) is 0 Å². The van der Waals surface area contributed by atoms with Crippen molar-refractivity contribution >= 4 is 61.4 Å². The zero-order valence-electron chi connectivity index (χ0n) is 13.2. The smallest absolute Gasteiger partial charge is 0.352 e. The van der Waals surface area contributed by atoms with Crippen molar-refractivity contribution in [2.24, 2.45) is 0 Å². The predicted molar refractivity (Wildman–Crippen MR) is 103 cm³/mol. The van der Waals surface area contributed by atoms with Gasteiger partial charge in [0, 0.05) is 5.33 Å². The molecule has 0 aliphatic carbocycles. The summed E-state index contributed by atoms with van der Waals surface area (Å²) in [5.74, 6) is -1.49. The second-order valence-corrected chi connectivity index (χ2v) is 8.82. The van der Waals surface area contributed by atoms with Crippen LogP contribution in [0.15, 0.2) is 41.6 Å². The highest BCUT2D eigenvalue weighted by Gasteiger charge is 2.55. The lowest BCUT2D eigenvalue weighted by atomic mass is 10.0. The number of nitrogens with one attached hydrogen (secondary N) is 1. The van der Waals surface area contributed by atoms with Crippen LogP contribution in [0.5, 0.6) is 5.75 Å². The molecule has 1 aromatic carbocycles. The molecule has 2 heterocycles. The Hall–Kier alpha value is -1.52. The molecule has 7 nitrogen and oxygen atoms in total. The molecule has 1 saturated heterocycles. The lowest BCUT2D eigenvalue weighted by molar-refractivity contribution is -0.151. The van der Waals surface area contributed by atoms with Gasteiger partial charge >= 0.3 is 5.97 Å². The van der Waals surface area contributed by atoms with Crippen LogP contribution in [-0.2, 0) is 14.4 Å². The normalized spacial score (nSPS) is 24.6. The fourth-order valence-electron chi connectivity index (χ4n) is 2.69. The summed E-state index contributed by atoms with van der Waals surface area (Å²) >= 11 is 8.07. The molecule has 2 N–H and O–H groups in total. The SMILES string of the molecule is O=C(COc1ccccc1)NC1C(=O)N2C(C(=O)O)=C(CBr)C(Br)S[C@H]12. The van der Waals surface area contributed by atoms with Crippen molar-refractivity contribution in [1.29, 1.82) is 0 Å². The predicted octanol–water partition coefficient (Wildman–Crippen LogP) is 1.92. The van der Waals surface area contributed by atoms with Crippen LogP contribution in [0.2, 0.25) is 0 Å². The number of thioether (sulfide) groups is 1. The van der Waals surface area contributed by atoms with Gasteiger partial charge in [-0.05, 0) is 17.7 Å². The Morgan fingerprint density at radius 1 is 1.31 bits per heavy atom. The highest BCUT2D eigenvalue weighted by Crippen LogP contribution is 2.46. The molecule has 0 bridgehead atoms. The summed E-state index contributed by atoms with van der Waals surface area (Å²) < 4.78 is 5.10. The van der Waals surface area contributed by atoms with E-state index in [1.807, 2.05) is 6.07 Å². The summed E-state index contributed by atoms with van der Waals surface area (Å²) in [6.07, 6.45) is 0. The van der Waals surface area contributed by atoms with Gasteiger partial charge in [-0.25, -0.2) is 4.79 Å². The number of carbonyl (C=O) groups excluding carboxylic acids is 2. The molecular weight excluding hydrogens is 492 g/mol. The number of fused-ring (bicyclic) bond motifs is 1.